The van der Waals surface area contributed by atoms with Crippen molar-refractivity contribution in [1.82, 2.24) is 10.2 Å². The fourth-order valence-electron chi connectivity index (χ4n) is 2.63. The molecule has 0 aromatic rings. The van der Waals surface area contributed by atoms with Crippen LogP contribution in [0, 0.1) is 5.41 Å². The van der Waals surface area contributed by atoms with Crippen molar-refractivity contribution < 1.29 is 4.79 Å². The second-order valence-electron chi connectivity index (χ2n) is 4.47. The van der Waals surface area contributed by atoms with Gasteiger partial charge in [0.05, 0.1) is 5.41 Å². The van der Waals surface area contributed by atoms with Crippen LogP contribution in [-0.2, 0) is 4.79 Å². The molecule has 0 saturated carbocycles. The molecule has 0 radical (unpaired) electrons. The predicted molar refractivity (Wildman–Crippen MR) is 51.7 cm³/mol. The fourth-order valence-corrected chi connectivity index (χ4v) is 2.63. The van der Waals surface area contributed by atoms with Crippen LogP contribution in [0.4, 0.5) is 0 Å². The first-order valence-electron chi connectivity index (χ1n) is 5.16. The number of piperidine rings is 2. The van der Waals surface area contributed by atoms with Crippen LogP contribution in [0.5, 0.6) is 0 Å². The molecular formula is C10H18N2O. The number of carbonyl (C=O) groups excluding carboxylic acids is 1. The van der Waals surface area contributed by atoms with Gasteiger partial charge in [0.25, 0.3) is 0 Å². The van der Waals surface area contributed by atoms with E-state index in [4.69, 9.17) is 0 Å². The second kappa shape index (κ2) is 3.39. The third-order valence-corrected chi connectivity index (χ3v) is 3.35. The highest BCUT2D eigenvalue weighted by atomic mass is 16.1. The average Bonchev–Trinajstić information content (AvgIpc) is 2.11. The highest BCUT2D eigenvalue weighted by Crippen LogP contribution is 2.32. The largest absolute Gasteiger partial charge is 0.315 e. The van der Waals surface area contributed by atoms with Crippen molar-refractivity contribution in [2.75, 3.05) is 33.2 Å². The van der Waals surface area contributed by atoms with Crippen molar-refractivity contribution >= 4 is 5.78 Å². The van der Waals surface area contributed by atoms with E-state index in [1.807, 2.05) is 0 Å². The summed E-state index contributed by atoms with van der Waals surface area (Å²) in [5.74, 6) is 0.484. The monoisotopic (exact) mass is 182 g/mol. The summed E-state index contributed by atoms with van der Waals surface area (Å²) in [4.78, 5) is 14.1. The number of hydrogen-bond acceptors (Lipinski definition) is 3. The highest BCUT2D eigenvalue weighted by molar-refractivity contribution is 5.86. The van der Waals surface area contributed by atoms with Gasteiger partial charge >= 0.3 is 0 Å². The van der Waals surface area contributed by atoms with Gasteiger partial charge in [-0.15, -0.1) is 0 Å². The molecule has 2 aliphatic rings. The Hall–Kier alpha value is -0.410. The molecule has 1 N–H and O–H groups in total. The lowest BCUT2D eigenvalue weighted by molar-refractivity contribution is -0.133. The summed E-state index contributed by atoms with van der Waals surface area (Å²) >= 11 is 0. The number of carbonyl (C=O) groups is 1. The van der Waals surface area contributed by atoms with Crippen LogP contribution in [-0.4, -0.2) is 43.9 Å². The van der Waals surface area contributed by atoms with E-state index >= 15 is 0 Å². The summed E-state index contributed by atoms with van der Waals surface area (Å²) < 4.78 is 0. The molecule has 1 spiro atoms. The molecule has 2 rings (SSSR count). The molecule has 2 heterocycles. The molecule has 0 amide bonds. The van der Waals surface area contributed by atoms with Crippen LogP contribution >= 0.6 is 0 Å². The van der Waals surface area contributed by atoms with Gasteiger partial charge in [0.1, 0.15) is 5.78 Å². The minimum absolute atomic E-state index is 0.0365. The van der Waals surface area contributed by atoms with E-state index in [-0.39, 0.29) is 5.41 Å². The van der Waals surface area contributed by atoms with Crippen molar-refractivity contribution in [3.05, 3.63) is 0 Å². The number of rotatable bonds is 0. The summed E-state index contributed by atoms with van der Waals surface area (Å²) in [5, 5.41) is 3.35. The zero-order valence-electron chi connectivity index (χ0n) is 8.31. The standard InChI is InChI=1S/C10H18N2O/c1-12-6-2-4-10(8-12)7-11-5-3-9(10)13/h11H,2-8H2,1H3. The first-order valence-corrected chi connectivity index (χ1v) is 5.16. The zero-order chi connectivity index (χ0) is 9.31. The Bertz CT molecular complexity index is 213. The van der Waals surface area contributed by atoms with Gasteiger partial charge in [-0.2, -0.15) is 0 Å². The van der Waals surface area contributed by atoms with Crippen molar-refractivity contribution in [2.45, 2.75) is 19.3 Å². The lowest BCUT2D eigenvalue weighted by Crippen LogP contribution is -2.55. The first kappa shape index (κ1) is 9.16. The Kier molecular flexibility index (Phi) is 2.39. The number of Topliss-reactive ketones (excluding diaryl/α,β-unsaturated/α-hetero) is 1. The first-order chi connectivity index (χ1) is 6.23. The maximum absolute atomic E-state index is 11.8. The van der Waals surface area contributed by atoms with Gasteiger partial charge in [-0.05, 0) is 26.4 Å². The van der Waals surface area contributed by atoms with Gasteiger partial charge < -0.3 is 10.2 Å². The number of nitrogens with zero attached hydrogens (tertiary/aromatic N) is 1. The Labute approximate surface area is 79.5 Å². The fraction of sp³-hybridized carbons (Fsp3) is 0.900. The Morgan fingerprint density at radius 1 is 1.54 bits per heavy atom. The highest BCUT2D eigenvalue weighted by Gasteiger charge is 2.41. The quantitative estimate of drug-likeness (QED) is 0.583. The normalized spacial score (nSPS) is 36.8. The minimum atomic E-state index is -0.0365. The smallest absolute Gasteiger partial charge is 0.142 e. The number of ketones is 1. The van der Waals surface area contributed by atoms with E-state index in [1.54, 1.807) is 0 Å². The molecule has 2 aliphatic heterocycles. The molecule has 3 heteroatoms. The van der Waals surface area contributed by atoms with Crippen molar-refractivity contribution in [2.24, 2.45) is 5.41 Å². The summed E-state index contributed by atoms with van der Waals surface area (Å²) in [5.41, 5.74) is -0.0365. The molecule has 0 aromatic carbocycles. The lowest BCUT2D eigenvalue weighted by Gasteiger charge is -2.42. The summed E-state index contributed by atoms with van der Waals surface area (Å²) in [6.07, 6.45) is 2.99. The SMILES string of the molecule is CN1CCCC2(CNCCC2=O)C1. The molecule has 3 nitrogen and oxygen atoms in total. The van der Waals surface area contributed by atoms with Gasteiger partial charge in [-0.25, -0.2) is 0 Å². The summed E-state index contributed by atoms with van der Waals surface area (Å²) in [7, 11) is 2.11. The molecule has 1 atom stereocenters. The van der Waals surface area contributed by atoms with Gasteiger partial charge in [0, 0.05) is 26.1 Å². The van der Waals surface area contributed by atoms with E-state index in [0.717, 1.165) is 39.0 Å². The maximum atomic E-state index is 11.8. The number of hydrogen-bond donors (Lipinski definition) is 1. The molecule has 0 aliphatic carbocycles. The molecule has 2 saturated heterocycles. The molecule has 13 heavy (non-hydrogen) atoms. The number of nitrogens with one attached hydrogen (secondary N) is 1. The third-order valence-electron chi connectivity index (χ3n) is 3.35. The average molecular weight is 182 g/mol. The Morgan fingerprint density at radius 2 is 2.38 bits per heavy atom. The van der Waals surface area contributed by atoms with Crippen LogP contribution in [0.2, 0.25) is 0 Å². The van der Waals surface area contributed by atoms with Crippen LogP contribution < -0.4 is 5.32 Å². The minimum Gasteiger partial charge on any atom is -0.315 e. The Balaban J connectivity index is 2.11. The second-order valence-corrected chi connectivity index (χ2v) is 4.47. The molecule has 74 valence electrons. The van der Waals surface area contributed by atoms with E-state index in [1.165, 1.54) is 6.42 Å². The maximum Gasteiger partial charge on any atom is 0.142 e. The molecule has 0 aromatic heterocycles. The van der Waals surface area contributed by atoms with E-state index in [9.17, 15) is 4.79 Å². The van der Waals surface area contributed by atoms with Crippen molar-refractivity contribution in [3.63, 3.8) is 0 Å². The van der Waals surface area contributed by atoms with Gasteiger partial charge in [-0.3, -0.25) is 4.79 Å². The summed E-state index contributed by atoms with van der Waals surface area (Å²) in [6, 6.07) is 0. The van der Waals surface area contributed by atoms with Crippen molar-refractivity contribution in [1.29, 1.82) is 0 Å². The van der Waals surface area contributed by atoms with E-state index in [0.29, 0.717) is 5.78 Å². The molecular weight excluding hydrogens is 164 g/mol. The van der Waals surface area contributed by atoms with Crippen LogP contribution in [0.25, 0.3) is 0 Å². The van der Waals surface area contributed by atoms with Crippen LogP contribution in [0.3, 0.4) is 0 Å². The number of likely N-dealkylation sites (tertiary alicyclic amines) is 1. The van der Waals surface area contributed by atoms with Crippen molar-refractivity contribution in [3.8, 4) is 0 Å². The summed E-state index contributed by atoms with van der Waals surface area (Å²) in [6.45, 7) is 3.88. The third kappa shape index (κ3) is 1.63. The van der Waals surface area contributed by atoms with Crippen LogP contribution in [0.1, 0.15) is 19.3 Å². The molecule has 1 unspecified atom stereocenters. The van der Waals surface area contributed by atoms with Gasteiger partial charge in [0.15, 0.2) is 0 Å². The molecule has 2 fully saturated rings. The van der Waals surface area contributed by atoms with Gasteiger partial charge in [-0.1, -0.05) is 0 Å². The predicted octanol–water partition coefficient (Wildman–Crippen LogP) is 0.261. The zero-order valence-corrected chi connectivity index (χ0v) is 8.31. The lowest BCUT2D eigenvalue weighted by atomic mass is 9.73. The van der Waals surface area contributed by atoms with Crippen LogP contribution in [0.15, 0.2) is 0 Å². The van der Waals surface area contributed by atoms with Gasteiger partial charge in [0.2, 0.25) is 0 Å². The molecule has 0 bridgehead atoms. The Morgan fingerprint density at radius 3 is 3.08 bits per heavy atom. The van der Waals surface area contributed by atoms with E-state index < -0.39 is 0 Å². The topological polar surface area (TPSA) is 32.3 Å². The van der Waals surface area contributed by atoms with E-state index in [2.05, 4.69) is 17.3 Å².